The van der Waals surface area contributed by atoms with E-state index in [1.54, 1.807) is 0 Å². The maximum Gasteiger partial charge on any atom is 0.0669 e. The highest BCUT2D eigenvalue weighted by molar-refractivity contribution is 5.28. The highest BCUT2D eigenvalue weighted by Gasteiger charge is 2.14. The molecular weight excluding hydrogens is 246 g/mol. The van der Waals surface area contributed by atoms with E-state index in [-0.39, 0.29) is 0 Å². The van der Waals surface area contributed by atoms with Crippen LogP contribution in [0, 0.1) is 0 Å². The molecule has 0 fully saturated rings. The van der Waals surface area contributed by atoms with Crippen LogP contribution in [0.5, 0.6) is 0 Å². The van der Waals surface area contributed by atoms with E-state index in [0.29, 0.717) is 0 Å². The number of rotatable bonds is 7. The van der Waals surface area contributed by atoms with Gasteiger partial charge in [0.25, 0.3) is 0 Å². The number of aryl methyl sites for hydroxylation is 1. The van der Waals surface area contributed by atoms with Crippen molar-refractivity contribution in [3.8, 4) is 0 Å². The minimum atomic E-state index is 0.864. The average molecular weight is 271 g/mol. The van der Waals surface area contributed by atoms with Crippen LogP contribution in [0.1, 0.15) is 43.3 Å². The SMILES string of the molecule is CCNCc1c(CC)nn(Cc2ccccc2)c1CC. The second kappa shape index (κ2) is 7.25. The molecule has 0 aliphatic rings. The van der Waals surface area contributed by atoms with Crippen LogP contribution in [0.15, 0.2) is 30.3 Å². The second-order valence-corrected chi connectivity index (χ2v) is 5.00. The summed E-state index contributed by atoms with van der Waals surface area (Å²) < 4.78 is 2.18. The number of hydrogen-bond acceptors (Lipinski definition) is 2. The van der Waals surface area contributed by atoms with Gasteiger partial charge in [-0.15, -0.1) is 0 Å². The van der Waals surface area contributed by atoms with Gasteiger partial charge in [0.2, 0.25) is 0 Å². The molecule has 0 saturated carbocycles. The Balaban J connectivity index is 2.30. The van der Waals surface area contributed by atoms with Gasteiger partial charge in [-0.25, -0.2) is 0 Å². The van der Waals surface area contributed by atoms with Crippen molar-refractivity contribution in [2.45, 2.75) is 46.7 Å². The molecule has 1 aromatic heterocycles. The summed E-state index contributed by atoms with van der Waals surface area (Å²) >= 11 is 0. The molecule has 0 bridgehead atoms. The van der Waals surface area contributed by atoms with Crippen molar-refractivity contribution in [2.75, 3.05) is 6.54 Å². The zero-order chi connectivity index (χ0) is 14.4. The lowest BCUT2D eigenvalue weighted by Gasteiger charge is -2.08. The highest BCUT2D eigenvalue weighted by Crippen LogP contribution is 2.17. The minimum absolute atomic E-state index is 0.864. The maximum atomic E-state index is 4.82. The summed E-state index contributed by atoms with van der Waals surface area (Å²) in [5.74, 6) is 0. The summed E-state index contributed by atoms with van der Waals surface area (Å²) in [6.45, 7) is 9.33. The van der Waals surface area contributed by atoms with Crippen molar-refractivity contribution < 1.29 is 0 Å². The van der Waals surface area contributed by atoms with E-state index in [0.717, 1.165) is 32.5 Å². The molecule has 0 aliphatic heterocycles. The lowest BCUT2D eigenvalue weighted by atomic mass is 10.1. The molecule has 2 aromatic rings. The topological polar surface area (TPSA) is 29.9 Å². The molecule has 108 valence electrons. The van der Waals surface area contributed by atoms with E-state index in [1.807, 2.05) is 0 Å². The van der Waals surface area contributed by atoms with Gasteiger partial charge in [0.05, 0.1) is 12.2 Å². The van der Waals surface area contributed by atoms with Gasteiger partial charge in [-0.05, 0) is 24.9 Å². The van der Waals surface area contributed by atoms with Crippen LogP contribution < -0.4 is 5.32 Å². The minimum Gasteiger partial charge on any atom is -0.313 e. The Bertz CT molecular complexity index is 529. The molecule has 0 aliphatic carbocycles. The Morgan fingerprint density at radius 2 is 1.80 bits per heavy atom. The van der Waals surface area contributed by atoms with Crippen molar-refractivity contribution in [1.29, 1.82) is 0 Å². The normalized spacial score (nSPS) is 10.9. The second-order valence-electron chi connectivity index (χ2n) is 5.00. The van der Waals surface area contributed by atoms with Crippen LogP contribution in [-0.4, -0.2) is 16.3 Å². The molecule has 0 spiro atoms. The van der Waals surface area contributed by atoms with Crippen molar-refractivity contribution in [3.05, 3.63) is 52.8 Å². The van der Waals surface area contributed by atoms with Gasteiger partial charge in [0, 0.05) is 17.8 Å². The summed E-state index contributed by atoms with van der Waals surface area (Å²) in [6, 6.07) is 10.6. The van der Waals surface area contributed by atoms with Crippen LogP contribution in [-0.2, 0) is 25.9 Å². The molecule has 3 nitrogen and oxygen atoms in total. The Kier molecular flexibility index (Phi) is 5.36. The zero-order valence-electron chi connectivity index (χ0n) is 12.8. The zero-order valence-corrected chi connectivity index (χ0v) is 12.8. The lowest BCUT2D eigenvalue weighted by Crippen LogP contribution is -2.14. The van der Waals surface area contributed by atoms with Gasteiger partial charge in [-0.1, -0.05) is 51.1 Å². The third-order valence-electron chi connectivity index (χ3n) is 3.65. The summed E-state index contributed by atoms with van der Waals surface area (Å²) in [6.07, 6.45) is 2.02. The number of nitrogens with one attached hydrogen (secondary N) is 1. The molecule has 2 rings (SSSR count). The van der Waals surface area contributed by atoms with Gasteiger partial charge in [-0.3, -0.25) is 4.68 Å². The van der Waals surface area contributed by atoms with Crippen molar-refractivity contribution in [3.63, 3.8) is 0 Å². The molecule has 0 unspecified atom stereocenters. The van der Waals surface area contributed by atoms with E-state index >= 15 is 0 Å². The number of benzene rings is 1. The first-order valence-corrected chi connectivity index (χ1v) is 7.62. The molecule has 3 heteroatoms. The lowest BCUT2D eigenvalue weighted by molar-refractivity contribution is 0.637. The van der Waals surface area contributed by atoms with E-state index in [2.05, 4.69) is 61.1 Å². The molecule has 1 aromatic carbocycles. The number of nitrogens with zero attached hydrogens (tertiary/aromatic N) is 2. The van der Waals surface area contributed by atoms with E-state index in [1.165, 1.54) is 22.5 Å². The third kappa shape index (κ3) is 3.28. The average Bonchev–Trinajstić information content (AvgIpc) is 2.82. The first-order valence-electron chi connectivity index (χ1n) is 7.62. The monoisotopic (exact) mass is 271 g/mol. The summed E-state index contributed by atoms with van der Waals surface area (Å²) in [4.78, 5) is 0. The molecule has 20 heavy (non-hydrogen) atoms. The molecule has 0 saturated heterocycles. The maximum absolute atomic E-state index is 4.82. The standard InChI is InChI=1S/C17H25N3/c1-4-16-15(12-18-6-3)17(5-2)20(19-16)13-14-10-8-7-9-11-14/h7-11,18H,4-6,12-13H2,1-3H3. The first kappa shape index (κ1) is 14.8. The highest BCUT2D eigenvalue weighted by atomic mass is 15.3. The number of hydrogen-bond donors (Lipinski definition) is 1. The first-order chi connectivity index (χ1) is 9.80. The Hall–Kier alpha value is -1.61. The smallest absolute Gasteiger partial charge is 0.0669 e. The predicted octanol–water partition coefficient (Wildman–Crippen LogP) is 3.17. The van der Waals surface area contributed by atoms with Crippen LogP contribution in [0.4, 0.5) is 0 Å². The molecule has 0 atom stereocenters. The summed E-state index contributed by atoms with van der Waals surface area (Å²) in [5.41, 5.74) is 5.31. The Morgan fingerprint density at radius 1 is 1.05 bits per heavy atom. The molecule has 1 N–H and O–H groups in total. The van der Waals surface area contributed by atoms with Crippen LogP contribution in [0.2, 0.25) is 0 Å². The quantitative estimate of drug-likeness (QED) is 0.838. The fraction of sp³-hybridized carbons (Fsp3) is 0.471. The predicted molar refractivity (Wildman–Crippen MR) is 83.9 cm³/mol. The van der Waals surface area contributed by atoms with Crippen molar-refractivity contribution in [1.82, 2.24) is 15.1 Å². The van der Waals surface area contributed by atoms with Crippen LogP contribution >= 0.6 is 0 Å². The van der Waals surface area contributed by atoms with Crippen LogP contribution in [0.3, 0.4) is 0 Å². The summed E-state index contributed by atoms with van der Waals surface area (Å²) in [7, 11) is 0. The van der Waals surface area contributed by atoms with Gasteiger partial charge in [0.15, 0.2) is 0 Å². The van der Waals surface area contributed by atoms with Gasteiger partial charge >= 0.3 is 0 Å². The summed E-state index contributed by atoms with van der Waals surface area (Å²) in [5, 5.41) is 8.26. The third-order valence-corrected chi connectivity index (χ3v) is 3.65. The Labute approximate surface area is 122 Å². The molecule has 0 radical (unpaired) electrons. The van der Waals surface area contributed by atoms with Gasteiger partial charge in [0.1, 0.15) is 0 Å². The van der Waals surface area contributed by atoms with E-state index in [9.17, 15) is 0 Å². The van der Waals surface area contributed by atoms with E-state index in [4.69, 9.17) is 5.10 Å². The van der Waals surface area contributed by atoms with E-state index < -0.39 is 0 Å². The Morgan fingerprint density at radius 3 is 2.40 bits per heavy atom. The van der Waals surface area contributed by atoms with Crippen LogP contribution in [0.25, 0.3) is 0 Å². The fourth-order valence-corrected chi connectivity index (χ4v) is 2.61. The van der Waals surface area contributed by atoms with Crippen molar-refractivity contribution >= 4 is 0 Å². The number of aromatic nitrogens is 2. The fourth-order valence-electron chi connectivity index (χ4n) is 2.61. The van der Waals surface area contributed by atoms with Crippen molar-refractivity contribution in [2.24, 2.45) is 0 Å². The van der Waals surface area contributed by atoms with Gasteiger partial charge < -0.3 is 5.32 Å². The largest absolute Gasteiger partial charge is 0.313 e. The molecular formula is C17H25N3. The molecule has 1 heterocycles. The van der Waals surface area contributed by atoms with Gasteiger partial charge in [-0.2, -0.15) is 5.10 Å². The molecule has 0 amide bonds.